The number of nitrogens with zero attached hydrogens (tertiary/aromatic N) is 3. The minimum absolute atomic E-state index is 0.00548. The summed E-state index contributed by atoms with van der Waals surface area (Å²) in [6.07, 6.45) is 2.32. The first-order chi connectivity index (χ1) is 15.7. The molecular formula is C25H35N3O3S. The van der Waals surface area contributed by atoms with Crippen molar-refractivity contribution < 1.29 is 14.3 Å². The number of benzene rings is 1. The lowest BCUT2D eigenvalue weighted by atomic mass is 10.2. The highest BCUT2D eigenvalue weighted by Gasteiger charge is 2.23. The Labute approximate surface area is 195 Å². The minimum Gasteiger partial charge on any atom is -0.379 e. The first-order valence-electron chi connectivity index (χ1n) is 11.6. The van der Waals surface area contributed by atoms with Gasteiger partial charge in [0.2, 0.25) is 11.8 Å². The van der Waals surface area contributed by atoms with Gasteiger partial charge in [0.05, 0.1) is 26.3 Å². The van der Waals surface area contributed by atoms with Gasteiger partial charge in [0.15, 0.2) is 0 Å². The largest absolute Gasteiger partial charge is 0.379 e. The molecule has 1 aromatic carbocycles. The zero-order valence-corrected chi connectivity index (χ0v) is 19.9. The fourth-order valence-corrected chi connectivity index (χ4v) is 4.47. The third kappa shape index (κ3) is 8.04. The molecule has 2 heterocycles. The van der Waals surface area contributed by atoms with Crippen LogP contribution in [0, 0.1) is 0 Å². The number of hydrogen-bond acceptors (Lipinski definition) is 5. The summed E-state index contributed by atoms with van der Waals surface area (Å²) in [7, 11) is 0. The fourth-order valence-electron chi connectivity index (χ4n) is 3.75. The Kier molecular flexibility index (Phi) is 10.2. The average molecular weight is 458 g/mol. The van der Waals surface area contributed by atoms with Crippen molar-refractivity contribution in [3.63, 3.8) is 0 Å². The smallest absolute Gasteiger partial charge is 0.242 e. The van der Waals surface area contributed by atoms with Crippen molar-refractivity contribution in [2.45, 2.75) is 39.3 Å². The molecule has 0 aliphatic carbocycles. The molecule has 1 aliphatic heterocycles. The molecule has 1 saturated heterocycles. The van der Waals surface area contributed by atoms with E-state index in [-0.39, 0.29) is 18.4 Å². The van der Waals surface area contributed by atoms with Crippen LogP contribution in [-0.2, 0) is 27.4 Å². The Bertz CT molecular complexity index is 807. The van der Waals surface area contributed by atoms with Crippen LogP contribution in [0.5, 0.6) is 0 Å². The molecule has 0 atom stereocenters. The zero-order chi connectivity index (χ0) is 22.6. The van der Waals surface area contributed by atoms with Crippen LogP contribution in [0.15, 0.2) is 47.8 Å². The molecule has 0 unspecified atom stereocenters. The van der Waals surface area contributed by atoms with Crippen LogP contribution in [0.1, 0.15) is 36.6 Å². The number of thiophene rings is 1. The van der Waals surface area contributed by atoms with Crippen LogP contribution in [0.2, 0.25) is 0 Å². The van der Waals surface area contributed by atoms with Gasteiger partial charge in [0.25, 0.3) is 0 Å². The molecule has 0 spiro atoms. The second kappa shape index (κ2) is 13.4. The van der Waals surface area contributed by atoms with E-state index < -0.39 is 0 Å². The summed E-state index contributed by atoms with van der Waals surface area (Å²) in [6, 6.07) is 14.1. The summed E-state index contributed by atoms with van der Waals surface area (Å²) in [5.74, 6) is 0.0679. The number of carbonyl (C=O) groups excluding carboxylic acids is 2. The van der Waals surface area contributed by atoms with Crippen molar-refractivity contribution in [2.24, 2.45) is 0 Å². The topological polar surface area (TPSA) is 53.1 Å². The maximum atomic E-state index is 13.4. The summed E-state index contributed by atoms with van der Waals surface area (Å²) < 4.78 is 5.43. The molecular weight excluding hydrogens is 422 g/mol. The van der Waals surface area contributed by atoms with Crippen molar-refractivity contribution in [3.8, 4) is 0 Å². The Balaban J connectivity index is 1.67. The van der Waals surface area contributed by atoms with E-state index in [4.69, 9.17) is 4.74 Å². The number of unbranched alkanes of at least 4 members (excludes halogenated alkanes) is 1. The highest BCUT2D eigenvalue weighted by Crippen LogP contribution is 2.15. The van der Waals surface area contributed by atoms with Crippen LogP contribution in [0.4, 0.5) is 0 Å². The normalized spacial score (nSPS) is 14.3. The molecule has 32 heavy (non-hydrogen) atoms. The number of hydrogen-bond donors (Lipinski definition) is 0. The standard InChI is InChI=1S/C25H35N3O3S/c1-2-3-11-24(29)27(13-12-26-14-16-31-17-15-26)21-25(30)28(20-23-10-7-18-32-23)19-22-8-5-4-6-9-22/h4-10,18H,2-3,11-17,19-21H2,1H3. The van der Waals surface area contributed by atoms with Gasteiger partial charge in [-0.1, -0.05) is 49.7 Å². The molecule has 1 aromatic heterocycles. The van der Waals surface area contributed by atoms with E-state index in [0.717, 1.165) is 56.1 Å². The maximum absolute atomic E-state index is 13.4. The van der Waals surface area contributed by atoms with E-state index in [1.54, 1.807) is 16.2 Å². The molecule has 174 valence electrons. The van der Waals surface area contributed by atoms with Crippen LogP contribution < -0.4 is 0 Å². The minimum atomic E-state index is -0.00548. The van der Waals surface area contributed by atoms with Gasteiger partial charge in [-0.05, 0) is 23.4 Å². The second-order valence-electron chi connectivity index (χ2n) is 8.19. The lowest BCUT2D eigenvalue weighted by molar-refractivity contribution is -0.141. The molecule has 7 heteroatoms. The van der Waals surface area contributed by atoms with E-state index >= 15 is 0 Å². The van der Waals surface area contributed by atoms with E-state index in [0.29, 0.717) is 26.1 Å². The highest BCUT2D eigenvalue weighted by molar-refractivity contribution is 7.09. The first-order valence-corrected chi connectivity index (χ1v) is 12.5. The summed E-state index contributed by atoms with van der Waals surface area (Å²) in [6.45, 7) is 7.88. The SMILES string of the molecule is CCCCC(=O)N(CCN1CCOCC1)CC(=O)N(Cc1ccccc1)Cc1cccs1. The number of amides is 2. The van der Waals surface area contributed by atoms with Crippen molar-refractivity contribution in [1.82, 2.24) is 14.7 Å². The van der Waals surface area contributed by atoms with E-state index in [9.17, 15) is 9.59 Å². The molecule has 0 N–H and O–H groups in total. The molecule has 0 bridgehead atoms. The molecule has 1 aliphatic rings. The molecule has 0 saturated carbocycles. The van der Waals surface area contributed by atoms with Gasteiger partial charge in [-0.15, -0.1) is 11.3 Å². The predicted octanol–water partition coefficient (Wildman–Crippen LogP) is 3.63. The van der Waals surface area contributed by atoms with Crippen molar-refractivity contribution in [3.05, 3.63) is 58.3 Å². The maximum Gasteiger partial charge on any atom is 0.242 e. The van der Waals surface area contributed by atoms with Gasteiger partial charge in [-0.3, -0.25) is 14.5 Å². The molecule has 0 radical (unpaired) electrons. The lowest BCUT2D eigenvalue weighted by Gasteiger charge is -2.31. The van der Waals surface area contributed by atoms with E-state index in [2.05, 4.69) is 17.9 Å². The fraction of sp³-hybridized carbons (Fsp3) is 0.520. The Morgan fingerprint density at radius 2 is 1.78 bits per heavy atom. The highest BCUT2D eigenvalue weighted by atomic mass is 32.1. The number of morpholine rings is 1. The number of ether oxygens (including phenoxy) is 1. The third-order valence-electron chi connectivity index (χ3n) is 5.71. The van der Waals surface area contributed by atoms with Gasteiger partial charge in [-0.25, -0.2) is 0 Å². The van der Waals surface area contributed by atoms with Gasteiger partial charge >= 0.3 is 0 Å². The lowest BCUT2D eigenvalue weighted by Crippen LogP contribution is -2.47. The van der Waals surface area contributed by atoms with Gasteiger partial charge in [0.1, 0.15) is 0 Å². The Morgan fingerprint density at radius 3 is 2.47 bits per heavy atom. The van der Waals surface area contributed by atoms with E-state index in [1.165, 1.54) is 0 Å². The molecule has 2 aromatic rings. The summed E-state index contributed by atoms with van der Waals surface area (Å²) in [5.41, 5.74) is 1.09. The van der Waals surface area contributed by atoms with Crippen LogP contribution >= 0.6 is 11.3 Å². The average Bonchev–Trinajstić information content (AvgIpc) is 3.34. The van der Waals surface area contributed by atoms with E-state index in [1.807, 2.05) is 46.7 Å². The van der Waals surface area contributed by atoms with Crippen LogP contribution in [0.25, 0.3) is 0 Å². The zero-order valence-electron chi connectivity index (χ0n) is 19.1. The van der Waals surface area contributed by atoms with Crippen LogP contribution in [0.3, 0.4) is 0 Å². The monoisotopic (exact) mass is 457 g/mol. The summed E-state index contributed by atoms with van der Waals surface area (Å²) >= 11 is 1.65. The quantitative estimate of drug-likeness (QED) is 0.488. The van der Waals surface area contributed by atoms with Gasteiger partial charge < -0.3 is 14.5 Å². The Hall–Kier alpha value is -2.22. The number of carbonyl (C=O) groups is 2. The molecule has 6 nitrogen and oxygen atoms in total. The predicted molar refractivity (Wildman–Crippen MR) is 128 cm³/mol. The summed E-state index contributed by atoms with van der Waals surface area (Å²) in [5, 5.41) is 2.03. The van der Waals surface area contributed by atoms with Gasteiger partial charge in [0, 0.05) is 44.0 Å². The van der Waals surface area contributed by atoms with Crippen molar-refractivity contribution in [1.29, 1.82) is 0 Å². The first kappa shape index (κ1) is 24.4. The molecule has 3 rings (SSSR count). The van der Waals surface area contributed by atoms with Crippen LogP contribution in [-0.4, -0.2) is 72.5 Å². The third-order valence-corrected chi connectivity index (χ3v) is 6.57. The van der Waals surface area contributed by atoms with Crippen molar-refractivity contribution in [2.75, 3.05) is 45.9 Å². The number of rotatable bonds is 12. The summed E-state index contributed by atoms with van der Waals surface area (Å²) in [4.78, 5) is 33.4. The second-order valence-corrected chi connectivity index (χ2v) is 9.22. The van der Waals surface area contributed by atoms with Gasteiger partial charge in [-0.2, -0.15) is 0 Å². The molecule has 2 amide bonds. The Morgan fingerprint density at radius 1 is 1.00 bits per heavy atom. The molecule has 1 fully saturated rings. The van der Waals surface area contributed by atoms with Crippen molar-refractivity contribution >= 4 is 23.2 Å².